The zero-order valence-corrected chi connectivity index (χ0v) is 11.7. The minimum absolute atomic E-state index is 0.0902. The van der Waals surface area contributed by atoms with Gasteiger partial charge in [0.1, 0.15) is 0 Å². The number of aromatic nitrogens is 3. The first-order valence-electron chi connectivity index (χ1n) is 7.36. The quantitative estimate of drug-likeness (QED) is 0.887. The zero-order chi connectivity index (χ0) is 14.2. The van der Waals surface area contributed by atoms with Crippen LogP contribution in [-0.4, -0.2) is 34.0 Å². The molecule has 6 heteroatoms. The van der Waals surface area contributed by atoms with Gasteiger partial charge in [-0.3, -0.25) is 4.79 Å². The number of nitrogens with one attached hydrogen (secondary N) is 2. The average molecular weight is 283 g/mol. The van der Waals surface area contributed by atoms with E-state index in [9.17, 15) is 4.79 Å². The molecule has 1 saturated heterocycles. The summed E-state index contributed by atoms with van der Waals surface area (Å²) in [5.74, 6) is 0.426. The summed E-state index contributed by atoms with van der Waals surface area (Å²) in [5.41, 5.74) is 3.25. The summed E-state index contributed by atoms with van der Waals surface area (Å²) in [6.07, 6.45) is 4.80. The van der Waals surface area contributed by atoms with Crippen molar-refractivity contribution < 1.29 is 4.79 Å². The van der Waals surface area contributed by atoms with Crippen LogP contribution in [-0.2, 0) is 12.8 Å². The minimum atomic E-state index is -0.0902. The number of fused-ring (bicyclic) bond motifs is 1. The fraction of sp³-hybridized carbons (Fsp3) is 0.400. The summed E-state index contributed by atoms with van der Waals surface area (Å²) >= 11 is 0. The van der Waals surface area contributed by atoms with Gasteiger partial charge in [0.15, 0.2) is 5.82 Å². The zero-order valence-electron chi connectivity index (χ0n) is 11.7. The number of carbonyl (C=O) groups excluding carboxylic acids is 1. The van der Waals surface area contributed by atoms with E-state index in [-0.39, 0.29) is 5.91 Å². The highest BCUT2D eigenvalue weighted by atomic mass is 16.1. The Bertz CT molecular complexity index is 689. The van der Waals surface area contributed by atoms with Crippen LogP contribution in [0.15, 0.2) is 24.4 Å². The highest BCUT2D eigenvalue weighted by Crippen LogP contribution is 2.25. The number of carbonyl (C=O) groups is 1. The van der Waals surface area contributed by atoms with Gasteiger partial charge in [-0.15, -0.1) is 5.10 Å². The fourth-order valence-corrected chi connectivity index (χ4v) is 2.96. The van der Waals surface area contributed by atoms with E-state index in [1.165, 1.54) is 11.1 Å². The third kappa shape index (κ3) is 2.21. The number of benzene rings is 1. The van der Waals surface area contributed by atoms with Crippen LogP contribution in [0, 0.1) is 0 Å². The highest BCUT2D eigenvalue weighted by Gasteiger charge is 2.22. The van der Waals surface area contributed by atoms with Crippen molar-refractivity contribution in [2.75, 3.05) is 18.4 Å². The van der Waals surface area contributed by atoms with Crippen LogP contribution in [0.25, 0.3) is 0 Å². The van der Waals surface area contributed by atoms with Crippen LogP contribution in [0.2, 0.25) is 0 Å². The topological polar surface area (TPSA) is 71.8 Å². The van der Waals surface area contributed by atoms with Gasteiger partial charge in [-0.25, -0.2) is 0 Å². The van der Waals surface area contributed by atoms with Crippen molar-refractivity contribution in [3.63, 3.8) is 0 Å². The Morgan fingerprint density at radius 2 is 2.24 bits per heavy atom. The van der Waals surface area contributed by atoms with Crippen LogP contribution in [0.1, 0.15) is 33.9 Å². The maximum atomic E-state index is 12.4. The summed E-state index contributed by atoms with van der Waals surface area (Å²) in [6, 6.07) is 6.26. The van der Waals surface area contributed by atoms with E-state index < -0.39 is 0 Å². The molecule has 1 aromatic heterocycles. The standard InChI is InChI=1S/C15H17N5O/c21-15(13-6-2-4-10-3-1-5-12(10)13)18-14-9-17-20(19-14)11-7-16-8-11/h2,4,6,9,11,16H,1,3,5,7-8H2,(H,18,19,21). The molecule has 2 aliphatic rings. The van der Waals surface area contributed by atoms with Gasteiger partial charge in [-0.2, -0.15) is 9.90 Å². The van der Waals surface area contributed by atoms with Crippen molar-refractivity contribution in [3.8, 4) is 0 Å². The molecule has 0 saturated carbocycles. The lowest BCUT2D eigenvalue weighted by Gasteiger charge is -2.25. The van der Waals surface area contributed by atoms with Gasteiger partial charge in [0.05, 0.1) is 12.2 Å². The van der Waals surface area contributed by atoms with Gasteiger partial charge < -0.3 is 10.6 Å². The summed E-state index contributed by atoms with van der Waals surface area (Å²) in [4.78, 5) is 14.1. The monoisotopic (exact) mass is 283 g/mol. The van der Waals surface area contributed by atoms with Crippen molar-refractivity contribution >= 4 is 11.7 Å². The first-order valence-corrected chi connectivity index (χ1v) is 7.36. The molecule has 1 amide bonds. The Morgan fingerprint density at radius 1 is 1.33 bits per heavy atom. The van der Waals surface area contributed by atoms with Crippen LogP contribution in [0.5, 0.6) is 0 Å². The smallest absolute Gasteiger partial charge is 0.257 e. The molecule has 0 unspecified atom stereocenters. The summed E-state index contributed by atoms with van der Waals surface area (Å²) < 4.78 is 0. The molecular formula is C15H17N5O. The lowest BCUT2D eigenvalue weighted by Crippen LogP contribution is -2.44. The Hall–Kier alpha value is -2.21. The van der Waals surface area contributed by atoms with Gasteiger partial charge in [-0.05, 0) is 36.5 Å². The third-order valence-electron chi connectivity index (χ3n) is 4.23. The molecule has 0 bridgehead atoms. The first kappa shape index (κ1) is 12.5. The Balaban J connectivity index is 1.53. The van der Waals surface area contributed by atoms with Gasteiger partial charge >= 0.3 is 0 Å². The number of rotatable bonds is 3. The number of nitrogens with zero attached hydrogens (tertiary/aromatic N) is 3. The van der Waals surface area contributed by atoms with Gasteiger partial charge in [0, 0.05) is 18.7 Å². The highest BCUT2D eigenvalue weighted by molar-refractivity contribution is 6.05. The molecule has 2 N–H and O–H groups in total. The maximum Gasteiger partial charge on any atom is 0.257 e. The number of hydrogen-bond acceptors (Lipinski definition) is 4. The fourth-order valence-electron chi connectivity index (χ4n) is 2.96. The van der Waals surface area contributed by atoms with Gasteiger partial charge in [0.25, 0.3) is 5.91 Å². The average Bonchev–Trinajstić information content (AvgIpc) is 3.05. The molecule has 0 spiro atoms. The molecule has 108 valence electrons. The second-order valence-electron chi connectivity index (χ2n) is 5.61. The van der Waals surface area contributed by atoms with Crippen molar-refractivity contribution in [3.05, 3.63) is 41.1 Å². The molecule has 1 fully saturated rings. The van der Waals surface area contributed by atoms with E-state index in [1.54, 1.807) is 11.0 Å². The third-order valence-corrected chi connectivity index (χ3v) is 4.23. The SMILES string of the molecule is O=C(Nc1cnn(C2CNC2)n1)c1cccc2c1CCC2. The lowest BCUT2D eigenvalue weighted by atomic mass is 10.0. The molecule has 2 aromatic rings. The molecule has 4 rings (SSSR count). The molecule has 21 heavy (non-hydrogen) atoms. The van der Waals surface area contributed by atoms with E-state index in [0.717, 1.165) is 37.9 Å². The van der Waals surface area contributed by atoms with Crippen molar-refractivity contribution in [1.82, 2.24) is 20.3 Å². The normalized spacial score (nSPS) is 17.3. The largest absolute Gasteiger partial charge is 0.312 e. The second-order valence-corrected chi connectivity index (χ2v) is 5.61. The van der Waals surface area contributed by atoms with Crippen molar-refractivity contribution in [1.29, 1.82) is 0 Å². The van der Waals surface area contributed by atoms with Gasteiger partial charge in [-0.1, -0.05) is 12.1 Å². The van der Waals surface area contributed by atoms with E-state index in [4.69, 9.17) is 0 Å². The number of amides is 1. The predicted molar refractivity (Wildman–Crippen MR) is 78.3 cm³/mol. The molecular weight excluding hydrogens is 266 g/mol. The molecule has 2 heterocycles. The predicted octanol–water partition coefficient (Wildman–Crippen LogP) is 1.16. The maximum absolute atomic E-state index is 12.4. The van der Waals surface area contributed by atoms with Crippen LogP contribution in [0.3, 0.4) is 0 Å². The van der Waals surface area contributed by atoms with Gasteiger partial charge in [0.2, 0.25) is 0 Å². The molecule has 1 aromatic carbocycles. The van der Waals surface area contributed by atoms with Crippen molar-refractivity contribution in [2.24, 2.45) is 0 Å². The number of aryl methyl sites for hydroxylation is 1. The summed E-state index contributed by atoms with van der Waals surface area (Å²) in [7, 11) is 0. The van der Waals surface area contributed by atoms with E-state index in [2.05, 4.69) is 26.9 Å². The van der Waals surface area contributed by atoms with E-state index in [1.807, 2.05) is 12.1 Å². The number of anilines is 1. The summed E-state index contributed by atoms with van der Waals surface area (Å²) in [6.45, 7) is 1.77. The lowest BCUT2D eigenvalue weighted by molar-refractivity contribution is 0.102. The molecule has 1 aliphatic heterocycles. The Morgan fingerprint density at radius 3 is 3.05 bits per heavy atom. The van der Waals surface area contributed by atoms with Crippen LogP contribution >= 0.6 is 0 Å². The minimum Gasteiger partial charge on any atom is -0.312 e. The Kier molecular flexibility index (Phi) is 2.96. The first-order chi connectivity index (χ1) is 10.3. The van der Waals surface area contributed by atoms with E-state index >= 15 is 0 Å². The molecule has 0 radical (unpaired) electrons. The van der Waals surface area contributed by atoms with Crippen LogP contribution in [0.4, 0.5) is 5.82 Å². The van der Waals surface area contributed by atoms with E-state index in [0.29, 0.717) is 11.9 Å². The second kappa shape index (κ2) is 4.96. The Labute approximate surface area is 122 Å². The molecule has 0 atom stereocenters. The number of hydrogen-bond donors (Lipinski definition) is 2. The molecule has 6 nitrogen and oxygen atoms in total. The summed E-state index contributed by atoms with van der Waals surface area (Å²) in [5, 5.41) is 14.6. The van der Waals surface area contributed by atoms with Crippen LogP contribution < -0.4 is 10.6 Å². The molecule has 1 aliphatic carbocycles. The van der Waals surface area contributed by atoms with Crippen molar-refractivity contribution in [2.45, 2.75) is 25.3 Å².